The number of benzene rings is 2. The third-order valence-corrected chi connectivity index (χ3v) is 3.72. The van der Waals surface area contributed by atoms with Crippen LogP contribution in [-0.4, -0.2) is 12.0 Å². The van der Waals surface area contributed by atoms with E-state index in [4.69, 9.17) is 4.74 Å². The molecule has 116 valence electrons. The van der Waals surface area contributed by atoms with Crippen molar-refractivity contribution in [1.29, 1.82) is 0 Å². The Bertz CT molecular complexity index is 672. The van der Waals surface area contributed by atoms with Crippen molar-refractivity contribution >= 4 is 11.6 Å². The first-order valence-corrected chi connectivity index (χ1v) is 7.49. The number of anilines is 1. The van der Waals surface area contributed by atoms with Gasteiger partial charge in [0.15, 0.2) is 6.10 Å². The maximum absolute atomic E-state index is 12.4. The van der Waals surface area contributed by atoms with Crippen molar-refractivity contribution < 1.29 is 9.53 Å². The van der Waals surface area contributed by atoms with Crippen LogP contribution in [0.2, 0.25) is 0 Å². The monoisotopic (exact) mass is 297 g/mol. The molecular formula is C19H23NO2. The molecule has 3 nitrogen and oxygen atoms in total. The van der Waals surface area contributed by atoms with Crippen molar-refractivity contribution in [2.75, 3.05) is 5.32 Å². The zero-order valence-electron chi connectivity index (χ0n) is 13.9. The van der Waals surface area contributed by atoms with E-state index in [9.17, 15) is 4.79 Å². The van der Waals surface area contributed by atoms with Crippen molar-refractivity contribution in [3.8, 4) is 5.75 Å². The quantitative estimate of drug-likeness (QED) is 0.912. The SMILES string of the molecule is Cc1ccc(C)c(NC(=O)[C@@H](C)Oc2c(C)cccc2C)c1. The van der Waals surface area contributed by atoms with Gasteiger partial charge in [0, 0.05) is 5.69 Å². The van der Waals surface area contributed by atoms with Gasteiger partial charge in [-0.25, -0.2) is 0 Å². The molecule has 0 saturated heterocycles. The van der Waals surface area contributed by atoms with Crippen LogP contribution < -0.4 is 10.1 Å². The van der Waals surface area contributed by atoms with Gasteiger partial charge in [-0.15, -0.1) is 0 Å². The Morgan fingerprint density at radius 2 is 1.64 bits per heavy atom. The fourth-order valence-corrected chi connectivity index (χ4v) is 2.32. The lowest BCUT2D eigenvalue weighted by Crippen LogP contribution is -2.30. The van der Waals surface area contributed by atoms with Crippen molar-refractivity contribution in [2.45, 2.75) is 40.7 Å². The van der Waals surface area contributed by atoms with Crippen LogP contribution in [0.4, 0.5) is 5.69 Å². The molecule has 0 fully saturated rings. The van der Waals surface area contributed by atoms with Gasteiger partial charge in [0.1, 0.15) is 5.75 Å². The third kappa shape index (κ3) is 3.67. The number of para-hydroxylation sites is 1. The second-order valence-corrected chi connectivity index (χ2v) is 5.79. The van der Waals surface area contributed by atoms with Gasteiger partial charge < -0.3 is 10.1 Å². The standard InChI is InChI=1S/C19H23NO2/c1-12-9-10-13(2)17(11-12)20-19(21)16(5)22-18-14(3)7-6-8-15(18)4/h6-11,16H,1-5H3,(H,20,21)/t16-/m1/s1. The molecule has 22 heavy (non-hydrogen) atoms. The summed E-state index contributed by atoms with van der Waals surface area (Å²) in [6, 6.07) is 12.0. The van der Waals surface area contributed by atoms with Gasteiger partial charge in [-0.1, -0.05) is 30.3 Å². The molecule has 1 atom stereocenters. The van der Waals surface area contributed by atoms with E-state index in [0.29, 0.717) is 0 Å². The van der Waals surface area contributed by atoms with E-state index in [1.165, 1.54) is 0 Å². The van der Waals surface area contributed by atoms with E-state index in [0.717, 1.165) is 33.7 Å². The van der Waals surface area contributed by atoms with Crippen molar-refractivity contribution in [3.05, 3.63) is 58.7 Å². The number of nitrogens with one attached hydrogen (secondary N) is 1. The summed E-state index contributed by atoms with van der Waals surface area (Å²) in [5.41, 5.74) is 5.06. The van der Waals surface area contributed by atoms with Crippen molar-refractivity contribution in [2.24, 2.45) is 0 Å². The van der Waals surface area contributed by atoms with E-state index < -0.39 is 6.10 Å². The Balaban J connectivity index is 2.11. The normalized spacial score (nSPS) is 11.9. The Kier molecular flexibility index (Phi) is 4.86. The summed E-state index contributed by atoms with van der Waals surface area (Å²) in [6.07, 6.45) is -0.556. The molecule has 0 unspecified atom stereocenters. The minimum Gasteiger partial charge on any atom is -0.480 e. The van der Waals surface area contributed by atoms with Crippen LogP contribution in [0.15, 0.2) is 36.4 Å². The van der Waals surface area contributed by atoms with Crippen molar-refractivity contribution in [1.82, 2.24) is 0 Å². The third-order valence-electron chi connectivity index (χ3n) is 3.72. The molecule has 0 aromatic heterocycles. The first-order valence-electron chi connectivity index (χ1n) is 7.49. The van der Waals surface area contributed by atoms with Crippen LogP contribution in [0.25, 0.3) is 0 Å². The molecule has 1 amide bonds. The smallest absolute Gasteiger partial charge is 0.265 e. The Morgan fingerprint density at radius 3 is 2.27 bits per heavy atom. The molecule has 0 radical (unpaired) electrons. The van der Waals surface area contributed by atoms with Crippen LogP contribution in [0, 0.1) is 27.7 Å². The zero-order chi connectivity index (χ0) is 16.3. The average molecular weight is 297 g/mol. The summed E-state index contributed by atoms with van der Waals surface area (Å²) in [6.45, 7) is 9.72. The number of ether oxygens (including phenoxy) is 1. The minimum absolute atomic E-state index is 0.142. The first-order chi connectivity index (χ1) is 10.4. The van der Waals surface area contributed by atoms with Gasteiger partial charge in [-0.05, 0) is 62.9 Å². The van der Waals surface area contributed by atoms with E-state index in [1.54, 1.807) is 6.92 Å². The highest BCUT2D eigenvalue weighted by molar-refractivity contribution is 5.94. The summed E-state index contributed by atoms with van der Waals surface area (Å²) in [7, 11) is 0. The van der Waals surface area contributed by atoms with Crippen LogP contribution in [0.3, 0.4) is 0 Å². The Labute approximate surface area is 132 Å². The van der Waals surface area contributed by atoms with E-state index >= 15 is 0 Å². The number of amides is 1. The van der Waals surface area contributed by atoms with Gasteiger partial charge in [0.2, 0.25) is 0 Å². The molecular weight excluding hydrogens is 274 g/mol. The topological polar surface area (TPSA) is 38.3 Å². The predicted octanol–water partition coefficient (Wildman–Crippen LogP) is 4.33. The molecule has 3 heteroatoms. The predicted molar refractivity (Wildman–Crippen MR) is 90.6 cm³/mol. The number of carbonyl (C=O) groups is 1. The summed E-state index contributed by atoms with van der Waals surface area (Å²) < 4.78 is 5.87. The largest absolute Gasteiger partial charge is 0.480 e. The van der Waals surface area contributed by atoms with Crippen LogP contribution in [-0.2, 0) is 4.79 Å². The van der Waals surface area contributed by atoms with Gasteiger partial charge >= 0.3 is 0 Å². The van der Waals surface area contributed by atoms with Gasteiger partial charge in [-0.2, -0.15) is 0 Å². The zero-order valence-corrected chi connectivity index (χ0v) is 13.9. The molecule has 0 aliphatic heterocycles. The second kappa shape index (κ2) is 6.65. The number of carbonyl (C=O) groups excluding carboxylic acids is 1. The lowest BCUT2D eigenvalue weighted by molar-refractivity contribution is -0.122. The number of hydrogen-bond acceptors (Lipinski definition) is 2. The van der Waals surface area contributed by atoms with E-state index in [-0.39, 0.29) is 5.91 Å². The fraction of sp³-hybridized carbons (Fsp3) is 0.316. The van der Waals surface area contributed by atoms with Gasteiger partial charge in [-0.3, -0.25) is 4.79 Å². The average Bonchev–Trinajstić information content (AvgIpc) is 2.46. The lowest BCUT2D eigenvalue weighted by atomic mass is 10.1. The molecule has 0 aliphatic carbocycles. The summed E-state index contributed by atoms with van der Waals surface area (Å²) in [5.74, 6) is 0.641. The molecule has 2 rings (SSSR count). The van der Waals surface area contributed by atoms with Crippen molar-refractivity contribution in [3.63, 3.8) is 0 Å². The van der Waals surface area contributed by atoms with Gasteiger partial charge in [0.25, 0.3) is 5.91 Å². The van der Waals surface area contributed by atoms with Crippen LogP contribution in [0.1, 0.15) is 29.2 Å². The fourth-order valence-electron chi connectivity index (χ4n) is 2.32. The highest BCUT2D eigenvalue weighted by Crippen LogP contribution is 2.24. The molecule has 0 bridgehead atoms. The molecule has 0 heterocycles. The Hall–Kier alpha value is -2.29. The van der Waals surface area contributed by atoms with E-state index in [2.05, 4.69) is 5.32 Å². The molecule has 2 aromatic carbocycles. The Morgan fingerprint density at radius 1 is 1.00 bits per heavy atom. The number of aryl methyl sites for hydroxylation is 4. The molecule has 2 aromatic rings. The molecule has 0 aliphatic rings. The number of rotatable bonds is 4. The lowest BCUT2D eigenvalue weighted by Gasteiger charge is -2.18. The van der Waals surface area contributed by atoms with Gasteiger partial charge in [0.05, 0.1) is 0 Å². The van der Waals surface area contributed by atoms with E-state index in [1.807, 2.05) is 64.1 Å². The van der Waals surface area contributed by atoms with Crippen LogP contribution in [0.5, 0.6) is 5.75 Å². The number of hydrogen-bond donors (Lipinski definition) is 1. The summed E-state index contributed by atoms with van der Waals surface area (Å²) >= 11 is 0. The summed E-state index contributed by atoms with van der Waals surface area (Å²) in [5, 5.41) is 2.95. The maximum atomic E-state index is 12.4. The highest BCUT2D eigenvalue weighted by atomic mass is 16.5. The maximum Gasteiger partial charge on any atom is 0.265 e. The summed E-state index contributed by atoms with van der Waals surface area (Å²) in [4.78, 5) is 12.4. The van der Waals surface area contributed by atoms with Crippen LogP contribution >= 0.6 is 0 Å². The second-order valence-electron chi connectivity index (χ2n) is 5.79. The molecule has 0 saturated carbocycles. The first kappa shape index (κ1) is 16.1. The molecule has 0 spiro atoms. The highest BCUT2D eigenvalue weighted by Gasteiger charge is 2.17. The minimum atomic E-state index is -0.556. The molecule has 1 N–H and O–H groups in total.